The van der Waals surface area contributed by atoms with Crippen LogP contribution in [0.2, 0.25) is 5.02 Å². The lowest BCUT2D eigenvalue weighted by atomic mass is 10.0. The Morgan fingerprint density at radius 2 is 2.17 bits per heavy atom. The summed E-state index contributed by atoms with van der Waals surface area (Å²) in [7, 11) is 0. The van der Waals surface area contributed by atoms with Crippen LogP contribution in [-0.2, 0) is 16.1 Å². The SMILES string of the molecule is CC(=O)N1C[C@@H](N)CC[C@@H](C(=O)NCc2ncccc2Cl)C1.Cl. The number of hydrogen-bond donors (Lipinski definition) is 2. The number of pyridine rings is 1. The molecule has 6 nitrogen and oxygen atoms in total. The normalized spacial score (nSPS) is 21.1. The fraction of sp³-hybridized carbons (Fsp3) is 0.533. The predicted octanol–water partition coefficient (Wildman–Crippen LogP) is 1.36. The van der Waals surface area contributed by atoms with Gasteiger partial charge in [-0.3, -0.25) is 14.6 Å². The summed E-state index contributed by atoms with van der Waals surface area (Å²) in [5, 5.41) is 3.37. The molecule has 23 heavy (non-hydrogen) atoms. The number of nitrogens with one attached hydrogen (secondary N) is 1. The lowest BCUT2D eigenvalue weighted by molar-refractivity contribution is -0.131. The van der Waals surface area contributed by atoms with Crippen molar-refractivity contribution in [1.82, 2.24) is 15.2 Å². The first-order chi connectivity index (χ1) is 10.5. The number of nitrogens with zero attached hydrogens (tertiary/aromatic N) is 2. The molecular weight excluding hydrogens is 339 g/mol. The molecule has 128 valence electrons. The van der Waals surface area contributed by atoms with E-state index in [1.54, 1.807) is 23.2 Å². The maximum Gasteiger partial charge on any atom is 0.225 e. The molecule has 3 N–H and O–H groups in total. The number of hydrogen-bond acceptors (Lipinski definition) is 4. The molecule has 1 fully saturated rings. The number of amides is 2. The molecule has 2 amide bonds. The van der Waals surface area contributed by atoms with Crippen LogP contribution in [0.15, 0.2) is 18.3 Å². The van der Waals surface area contributed by atoms with Gasteiger partial charge >= 0.3 is 0 Å². The maximum absolute atomic E-state index is 12.3. The molecule has 0 spiro atoms. The van der Waals surface area contributed by atoms with Crippen molar-refractivity contribution < 1.29 is 9.59 Å². The van der Waals surface area contributed by atoms with Gasteiger partial charge in [0.2, 0.25) is 11.8 Å². The smallest absolute Gasteiger partial charge is 0.225 e. The van der Waals surface area contributed by atoms with E-state index in [1.165, 1.54) is 6.92 Å². The van der Waals surface area contributed by atoms with Gasteiger partial charge in [-0.15, -0.1) is 12.4 Å². The summed E-state index contributed by atoms with van der Waals surface area (Å²) in [5.74, 6) is -0.398. The minimum absolute atomic E-state index is 0. The van der Waals surface area contributed by atoms with Crippen molar-refractivity contribution in [3.8, 4) is 0 Å². The van der Waals surface area contributed by atoms with Crippen molar-refractivity contribution in [3.63, 3.8) is 0 Å². The van der Waals surface area contributed by atoms with E-state index in [9.17, 15) is 9.59 Å². The Labute approximate surface area is 147 Å². The van der Waals surface area contributed by atoms with Crippen LogP contribution in [-0.4, -0.2) is 40.8 Å². The lowest BCUT2D eigenvalue weighted by Gasteiger charge is -2.23. The van der Waals surface area contributed by atoms with Crippen LogP contribution < -0.4 is 11.1 Å². The van der Waals surface area contributed by atoms with E-state index >= 15 is 0 Å². The second-order valence-electron chi connectivity index (χ2n) is 5.61. The van der Waals surface area contributed by atoms with E-state index in [2.05, 4.69) is 10.3 Å². The Bertz CT molecular complexity index is 556. The molecule has 1 aromatic heterocycles. The van der Waals surface area contributed by atoms with E-state index in [1.807, 2.05) is 0 Å². The first-order valence-electron chi connectivity index (χ1n) is 7.35. The van der Waals surface area contributed by atoms with E-state index < -0.39 is 0 Å². The Balaban J connectivity index is 0.00000264. The molecule has 1 aliphatic rings. The van der Waals surface area contributed by atoms with Gasteiger partial charge < -0.3 is 16.0 Å². The standard InChI is InChI=1S/C15H21ClN4O2.ClH/c1-10(21)20-8-11(4-5-12(17)9-20)15(22)19-7-14-13(16)3-2-6-18-14;/h2-3,6,11-12H,4-5,7-9,17H2,1H3,(H,19,22);1H/t11-,12+;/m1./s1. The Morgan fingerprint density at radius 3 is 2.83 bits per heavy atom. The van der Waals surface area contributed by atoms with Gasteiger partial charge in [-0.1, -0.05) is 11.6 Å². The lowest BCUT2D eigenvalue weighted by Crippen LogP contribution is -2.42. The van der Waals surface area contributed by atoms with E-state index in [4.69, 9.17) is 17.3 Å². The molecule has 1 saturated heterocycles. The predicted molar refractivity (Wildman–Crippen MR) is 91.3 cm³/mol. The molecule has 0 bridgehead atoms. The fourth-order valence-corrected chi connectivity index (χ4v) is 2.74. The Morgan fingerprint density at radius 1 is 1.43 bits per heavy atom. The van der Waals surface area contributed by atoms with Gasteiger partial charge in [0.05, 0.1) is 23.2 Å². The van der Waals surface area contributed by atoms with Crippen molar-refractivity contribution in [2.24, 2.45) is 11.7 Å². The number of halogens is 2. The van der Waals surface area contributed by atoms with Gasteiger partial charge in [-0.25, -0.2) is 0 Å². The van der Waals surface area contributed by atoms with Crippen molar-refractivity contribution in [1.29, 1.82) is 0 Å². The van der Waals surface area contributed by atoms with Gasteiger partial charge in [0.25, 0.3) is 0 Å². The van der Waals surface area contributed by atoms with Gasteiger partial charge in [-0.05, 0) is 25.0 Å². The van der Waals surface area contributed by atoms with Crippen LogP contribution in [0.1, 0.15) is 25.5 Å². The number of carbonyl (C=O) groups excluding carboxylic acids is 2. The minimum atomic E-state index is -0.250. The molecule has 0 unspecified atom stereocenters. The van der Waals surface area contributed by atoms with Crippen LogP contribution in [0.5, 0.6) is 0 Å². The number of rotatable bonds is 3. The fourth-order valence-electron chi connectivity index (χ4n) is 2.56. The summed E-state index contributed by atoms with van der Waals surface area (Å²) in [5.41, 5.74) is 6.59. The zero-order chi connectivity index (χ0) is 16.1. The van der Waals surface area contributed by atoms with Gasteiger partial charge in [0, 0.05) is 32.3 Å². The van der Waals surface area contributed by atoms with Crippen molar-refractivity contribution in [2.45, 2.75) is 32.4 Å². The van der Waals surface area contributed by atoms with Crippen molar-refractivity contribution in [3.05, 3.63) is 29.0 Å². The van der Waals surface area contributed by atoms with E-state index in [0.717, 1.165) is 6.42 Å². The van der Waals surface area contributed by atoms with Crippen LogP contribution >= 0.6 is 24.0 Å². The number of aromatic nitrogens is 1. The summed E-state index contributed by atoms with van der Waals surface area (Å²) >= 11 is 6.02. The van der Waals surface area contributed by atoms with E-state index in [0.29, 0.717) is 30.2 Å². The number of carbonyl (C=O) groups is 2. The zero-order valence-corrected chi connectivity index (χ0v) is 14.6. The Kier molecular flexibility index (Phi) is 7.75. The molecule has 1 aromatic rings. The summed E-state index contributed by atoms with van der Waals surface area (Å²) in [6.45, 7) is 2.69. The molecule has 0 saturated carbocycles. The summed E-state index contributed by atoms with van der Waals surface area (Å²) < 4.78 is 0. The van der Waals surface area contributed by atoms with E-state index in [-0.39, 0.29) is 42.7 Å². The van der Waals surface area contributed by atoms with Crippen LogP contribution in [0, 0.1) is 5.92 Å². The maximum atomic E-state index is 12.3. The number of nitrogens with two attached hydrogens (primary N) is 1. The molecular formula is C15H22Cl2N4O2. The van der Waals surface area contributed by atoms with Gasteiger partial charge in [-0.2, -0.15) is 0 Å². The molecule has 2 rings (SSSR count). The second kappa shape index (κ2) is 9.05. The average molecular weight is 361 g/mol. The third-order valence-corrected chi connectivity index (χ3v) is 4.21. The van der Waals surface area contributed by atoms with Crippen molar-refractivity contribution in [2.75, 3.05) is 13.1 Å². The van der Waals surface area contributed by atoms with Crippen LogP contribution in [0.3, 0.4) is 0 Å². The zero-order valence-electron chi connectivity index (χ0n) is 13.0. The summed E-state index contributed by atoms with van der Waals surface area (Å²) in [6.07, 6.45) is 3.04. The third-order valence-electron chi connectivity index (χ3n) is 3.86. The second-order valence-corrected chi connectivity index (χ2v) is 6.02. The highest BCUT2D eigenvalue weighted by Crippen LogP contribution is 2.17. The molecule has 1 aliphatic heterocycles. The van der Waals surface area contributed by atoms with Crippen LogP contribution in [0.4, 0.5) is 0 Å². The van der Waals surface area contributed by atoms with Gasteiger partial charge in [0.1, 0.15) is 0 Å². The topological polar surface area (TPSA) is 88.3 Å². The third kappa shape index (κ3) is 5.64. The average Bonchev–Trinajstić information content (AvgIpc) is 2.68. The molecule has 0 aromatic carbocycles. The highest BCUT2D eigenvalue weighted by atomic mass is 35.5. The molecule has 8 heteroatoms. The summed E-state index contributed by atoms with van der Waals surface area (Å²) in [4.78, 5) is 29.7. The quantitative estimate of drug-likeness (QED) is 0.851. The molecule has 2 heterocycles. The minimum Gasteiger partial charge on any atom is -0.350 e. The highest BCUT2D eigenvalue weighted by molar-refractivity contribution is 6.31. The highest BCUT2D eigenvalue weighted by Gasteiger charge is 2.28. The first-order valence-corrected chi connectivity index (χ1v) is 7.73. The van der Waals surface area contributed by atoms with Gasteiger partial charge in [0.15, 0.2) is 0 Å². The van der Waals surface area contributed by atoms with Crippen molar-refractivity contribution >= 4 is 35.8 Å². The largest absolute Gasteiger partial charge is 0.350 e. The van der Waals surface area contributed by atoms with Crippen LogP contribution in [0.25, 0.3) is 0 Å². The molecule has 0 aliphatic carbocycles. The monoisotopic (exact) mass is 360 g/mol. The summed E-state index contributed by atoms with van der Waals surface area (Å²) in [6, 6.07) is 3.40. The molecule has 0 radical (unpaired) electrons. The molecule has 2 atom stereocenters. The number of likely N-dealkylation sites (tertiary alicyclic amines) is 1. The Hall–Kier alpha value is -1.37. The first kappa shape index (κ1) is 19.7.